The first-order valence-corrected chi connectivity index (χ1v) is 8.81. The second-order valence-electron chi connectivity index (χ2n) is 6.24. The fourth-order valence-electron chi connectivity index (χ4n) is 3.79. The Morgan fingerprint density at radius 2 is 1.26 bits per heavy atom. The molecule has 0 radical (unpaired) electrons. The summed E-state index contributed by atoms with van der Waals surface area (Å²) in [5.41, 5.74) is 5.21. The quantitative estimate of drug-likeness (QED) is 0.722. The predicted octanol–water partition coefficient (Wildman–Crippen LogP) is 3.73. The molecule has 0 unspecified atom stereocenters. The van der Waals surface area contributed by atoms with E-state index in [4.69, 9.17) is 0 Å². The second-order valence-corrected chi connectivity index (χ2v) is 7.26. The zero-order chi connectivity index (χ0) is 15.9. The highest BCUT2D eigenvalue weighted by Crippen LogP contribution is 2.45. The molecule has 5 rings (SSSR count). The molecule has 0 fully saturated rings. The third-order valence-electron chi connectivity index (χ3n) is 5.03. The van der Waals surface area contributed by atoms with Crippen molar-refractivity contribution in [1.82, 2.24) is 0 Å². The molecule has 5 heteroatoms. The van der Waals surface area contributed by atoms with Crippen LogP contribution in [-0.4, -0.2) is 11.4 Å². The average Bonchev–Trinajstić information content (AvgIpc) is 3.29. The molecule has 2 aliphatic heterocycles. The Kier molecular flexibility index (Phi) is 2.45. The normalized spacial score (nSPS) is 16.3. The van der Waals surface area contributed by atoms with Crippen LogP contribution in [-0.2, 0) is 12.8 Å². The van der Waals surface area contributed by atoms with Gasteiger partial charge in [-0.05, 0) is 12.8 Å². The Morgan fingerprint density at radius 1 is 0.826 bits per heavy atom. The maximum atomic E-state index is 12.8. The van der Waals surface area contributed by atoms with Crippen molar-refractivity contribution in [2.24, 2.45) is 9.98 Å². The van der Waals surface area contributed by atoms with Gasteiger partial charge in [-0.2, -0.15) is 0 Å². The van der Waals surface area contributed by atoms with E-state index < -0.39 is 0 Å². The number of hydrogen-bond donors (Lipinski definition) is 0. The highest BCUT2D eigenvalue weighted by atomic mass is 32.1. The van der Waals surface area contributed by atoms with Crippen LogP contribution in [0.5, 0.6) is 0 Å². The number of thiophene rings is 1. The van der Waals surface area contributed by atoms with Crippen LogP contribution in [0.1, 0.15) is 37.8 Å². The van der Waals surface area contributed by atoms with Crippen LogP contribution in [0, 0.1) is 0 Å². The summed E-state index contributed by atoms with van der Waals surface area (Å²) in [5.74, 6) is 0. The lowest BCUT2D eigenvalue weighted by Gasteiger charge is -1.92. The standard InChI is InChI=1S/C18H14N2O2S/c1-3-7-5-9-13(19-7)15(21)11-12-16(22)14-10(6-8(4-2)20-14)18(12)23-17(9)11/h3-6H2,1-2H3. The zero-order valence-corrected chi connectivity index (χ0v) is 13.8. The smallest absolute Gasteiger partial charge is 0.213 e. The number of fused-ring (bicyclic) bond motifs is 7. The van der Waals surface area contributed by atoms with Crippen molar-refractivity contribution < 1.29 is 0 Å². The van der Waals surface area contributed by atoms with Gasteiger partial charge in [-0.3, -0.25) is 19.6 Å². The lowest BCUT2D eigenvalue weighted by molar-refractivity contribution is 1.23. The number of hydrogen-bond acceptors (Lipinski definition) is 5. The van der Waals surface area contributed by atoms with Gasteiger partial charge in [0, 0.05) is 44.8 Å². The summed E-state index contributed by atoms with van der Waals surface area (Å²) < 4.78 is 1.96. The Hall–Kier alpha value is -2.14. The van der Waals surface area contributed by atoms with Gasteiger partial charge in [0.15, 0.2) is 0 Å². The highest BCUT2D eigenvalue weighted by molar-refractivity contribution is 7.26. The summed E-state index contributed by atoms with van der Waals surface area (Å²) in [6.07, 6.45) is 3.23. The van der Waals surface area contributed by atoms with E-state index in [1.165, 1.54) is 0 Å². The Labute approximate surface area is 135 Å². The Balaban J connectivity index is 1.88. The first-order valence-electron chi connectivity index (χ1n) is 8.00. The maximum absolute atomic E-state index is 12.8. The van der Waals surface area contributed by atoms with E-state index in [1.54, 1.807) is 11.3 Å². The fraction of sp³-hybridized carbons (Fsp3) is 0.333. The van der Waals surface area contributed by atoms with Gasteiger partial charge in [0.1, 0.15) is 11.4 Å². The van der Waals surface area contributed by atoms with Crippen LogP contribution in [0.25, 0.3) is 20.2 Å². The van der Waals surface area contributed by atoms with Gasteiger partial charge in [0.25, 0.3) is 0 Å². The number of nitrogens with zero attached hydrogens (tertiary/aromatic N) is 2. The van der Waals surface area contributed by atoms with E-state index >= 15 is 0 Å². The van der Waals surface area contributed by atoms with Crippen LogP contribution >= 0.6 is 11.3 Å². The first-order chi connectivity index (χ1) is 11.1. The van der Waals surface area contributed by atoms with Gasteiger partial charge in [0.05, 0.1) is 10.8 Å². The molecule has 0 atom stereocenters. The molecule has 3 heterocycles. The van der Waals surface area contributed by atoms with Gasteiger partial charge < -0.3 is 0 Å². The summed E-state index contributed by atoms with van der Waals surface area (Å²) in [6, 6.07) is 0. The monoisotopic (exact) mass is 322 g/mol. The minimum Gasteiger partial charge on any atom is -0.287 e. The second kappa shape index (κ2) is 4.23. The van der Waals surface area contributed by atoms with E-state index in [0.29, 0.717) is 22.1 Å². The molecule has 0 spiro atoms. The van der Waals surface area contributed by atoms with E-state index in [0.717, 1.165) is 57.6 Å². The lowest BCUT2D eigenvalue weighted by Crippen LogP contribution is -2.00. The van der Waals surface area contributed by atoms with Gasteiger partial charge >= 0.3 is 0 Å². The highest BCUT2D eigenvalue weighted by Gasteiger charge is 2.31. The van der Waals surface area contributed by atoms with Crippen molar-refractivity contribution in [2.75, 3.05) is 0 Å². The van der Waals surface area contributed by atoms with Crippen molar-refractivity contribution in [3.8, 4) is 0 Å². The molecule has 0 bridgehead atoms. The molecule has 1 aromatic heterocycles. The van der Waals surface area contributed by atoms with E-state index in [2.05, 4.69) is 23.8 Å². The molecule has 114 valence electrons. The van der Waals surface area contributed by atoms with Crippen LogP contribution in [0.15, 0.2) is 19.6 Å². The summed E-state index contributed by atoms with van der Waals surface area (Å²) in [6.45, 7) is 4.12. The third-order valence-corrected chi connectivity index (χ3v) is 6.34. The molecular weight excluding hydrogens is 308 g/mol. The van der Waals surface area contributed by atoms with Crippen LogP contribution in [0.3, 0.4) is 0 Å². The molecule has 3 aromatic rings. The minimum absolute atomic E-state index is 0.0647. The maximum Gasteiger partial charge on any atom is 0.213 e. The summed E-state index contributed by atoms with van der Waals surface area (Å²) in [7, 11) is 0. The minimum atomic E-state index is -0.0647. The van der Waals surface area contributed by atoms with E-state index in [1.807, 2.05) is 0 Å². The van der Waals surface area contributed by atoms with Gasteiger partial charge in [-0.15, -0.1) is 11.3 Å². The molecule has 0 N–H and O–H groups in total. The third kappa shape index (κ3) is 1.46. The molecule has 0 saturated heterocycles. The molecule has 23 heavy (non-hydrogen) atoms. The summed E-state index contributed by atoms with van der Waals surface area (Å²) >= 11 is 1.59. The Bertz CT molecular complexity index is 1080. The van der Waals surface area contributed by atoms with Crippen molar-refractivity contribution in [3.63, 3.8) is 0 Å². The summed E-state index contributed by atoms with van der Waals surface area (Å²) in [5, 5.41) is 1.20. The van der Waals surface area contributed by atoms with Crippen molar-refractivity contribution in [3.05, 3.63) is 31.6 Å². The van der Waals surface area contributed by atoms with Crippen LogP contribution in [0.4, 0.5) is 11.4 Å². The lowest BCUT2D eigenvalue weighted by atomic mass is 10.1. The molecule has 0 aliphatic carbocycles. The topological polar surface area (TPSA) is 58.9 Å². The van der Waals surface area contributed by atoms with Crippen molar-refractivity contribution >= 4 is 54.3 Å². The molecular formula is C18H14N2O2S. The Morgan fingerprint density at radius 3 is 1.65 bits per heavy atom. The largest absolute Gasteiger partial charge is 0.287 e. The van der Waals surface area contributed by atoms with Gasteiger partial charge in [-0.25, -0.2) is 0 Å². The average molecular weight is 322 g/mol. The van der Waals surface area contributed by atoms with Gasteiger partial charge in [0.2, 0.25) is 10.9 Å². The van der Waals surface area contributed by atoms with Crippen LogP contribution < -0.4 is 10.9 Å². The van der Waals surface area contributed by atoms with E-state index in [9.17, 15) is 9.59 Å². The molecule has 2 aliphatic rings. The molecule has 0 saturated carbocycles. The number of aliphatic imine (C=N–C) groups is 2. The van der Waals surface area contributed by atoms with Gasteiger partial charge in [-0.1, -0.05) is 13.8 Å². The van der Waals surface area contributed by atoms with Crippen molar-refractivity contribution in [1.29, 1.82) is 0 Å². The molecule has 0 amide bonds. The van der Waals surface area contributed by atoms with E-state index in [-0.39, 0.29) is 10.9 Å². The zero-order valence-electron chi connectivity index (χ0n) is 12.9. The summed E-state index contributed by atoms with van der Waals surface area (Å²) in [4.78, 5) is 34.5. The van der Waals surface area contributed by atoms with Crippen LogP contribution in [0.2, 0.25) is 0 Å². The molecule has 4 nitrogen and oxygen atoms in total. The number of rotatable bonds is 2. The van der Waals surface area contributed by atoms with Crippen molar-refractivity contribution in [2.45, 2.75) is 39.5 Å². The fourth-order valence-corrected chi connectivity index (χ4v) is 5.17. The predicted molar refractivity (Wildman–Crippen MR) is 96.4 cm³/mol. The SMILES string of the molecule is CCC1=Nc2c(c3sc4c5c(c(=O)c4c3c2=O)N=C(CC)C5)C1. The molecule has 2 aromatic carbocycles. The first kappa shape index (κ1) is 13.3.